The molecule has 2 atom stereocenters. The molecule has 0 N–H and O–H groups in total. The molecule has 1 aromatic rings. The molecule has 0 heterocycles. The van der Waals surface area contributed by atoms with Crippen molar-refractivity contribution in [2.45, 2.75) is 26.7 Å². The van der Waals surface area contributed by atoms with E-state index in [1.54, 1.807) is 0 Å². The monoisotopic (exact) mass is 190 g/mol. The smallest absolute Gasteiger partial charge is 0.123 e. The van der Waals surface area contributed by atoms with E-state index < -0.39 is 0 Å². The van der Waals surface area contributed by atoms with Crippen LogP contribution in [0, 0.1) is 11.8 Å². The third kappa shape index (κ3) is 2.99. The molecule has 0 fully saturated rings. The van der Waals surface area contributed by atoms with Crippen LogP contribution in [0.4, 0.5) is 0 Å². The highest BCUT2D eigenvalue weighted by Crippen LogP contribution is 2.18. The van der Waals surface area contributed by atoms with Gasteiger partial charge in [0.15, 0.2) is 0 Å². The summed E-state index contributed by atoms with van der Waals surface area (Å²) in [7, 11) is 0. The third-order valence-corrected chi connectivity index (χ3v) is 2.86. The van der Waals surface area contributed by atoms with Crippen LogP contribution in [0.25, 0.3) is 0 Å². The summed E-state index contributed by atoms with van der Waals surface area (Å²) in [5.74, 6) is 0.648. The van der Waals surface area contributed by atoms with Crippen molar-refractivity contribution in [3.8, 4) is 0 Å². The van der Waals surface area contributed by atoms with Crippen molar-refractivity contribution in [2.24, 2.45) is 11.8 Å². The lowest BCUT2D eigenvalue weighted by Gasteiger charge is -2.16. The Morgan fingerprint density at radius 2 is 1.93 bits per heavy atom. The van der Waals surface area contributed by atoms with Gasteiger partial charge in [0.2, 0.25) is 0 Å². The van der Waals surface area contributed by atoms with E-state index in [2.05, 4.69) is 26.0 Å². The molecule has 0 spiro atoms. The lowest BCUT2D eigenvalue weighted by molar-refractivity contribution is -0.112. The largest absolute Gasteiger partial charge is 0.303 e. The van der Waals surface area contributed by atoms with E-state index in [0.29, 0.717) is 5.92 Å². The van der Waals surface area contributed by atoms with E-state index in [0.717, 1.165) is 19.1 Å². The topological polar surface area (TPSA) is 17.1 Å². The predicted octanol–water partition coefficient (Wildman–Crippen LogP) is 3.09. The summed E-state index contributed by atoms with van der Waals surface area (Å²) in [5, 5.41) is 0. The molecule has 0 bridgehead atoms. The third-order valence-electron chi connectivity index (χ3n) is 2.86. The highest BCUT2D eigenvalue weighted by molar-refractivity contribution is 5.54. The molecule has 0 saturated carbocycles. The summed E-state index contributed by atoms with van der Waals surface area (Å²) in [6, 6.07) is 10.2. The van der Waals surface area contributed by atoms with Crippen molar-refractivity contribution < 1.29 is 4.79 Å². The van der Waals surface area contributed by atoms with Crippen molar-refractivity contribution in [3.63, 3.8) is 0 Å². The van der Waals surface area contributed by atoms with E-state index in [9.17, 15) is 4.79 Å². The SMILES string of the molecule is CCC(C)[C@@H](C=O)Cc1ccccc1. The summed E-state index contributed by atoms with van der Waals surface area (Å²) in [6.07, 6.45) is 3.04. The second-order valence-electron chi connectivity index (χ2n) is 3.88. The van der Waals surface area contributed by atoms with Crippen LogP contribution in [0.3, 0.4) is 0 Å². The average molecular weight is 190 g/mol. The molecule has 1 unspecified atom stereocenters. The minimum Gasteiger partial charge on any atom is -0.303 e. The van der Waals surface area contributed by atoms with Gasteiger partial charge in [0.25, 0.3) is 0 Å². The summed E-state index contributed by atoms with van der Waals surface area (Å²) in [6.45, 7) is 4.27. The van der Waals surface area contributed by atoms with E-state index in [-0.39, 0.29) is 5.92 Å². The first-order chi connectivity index (χ1) is 6.77. The Morgan fingerprint density at radius 1 is 1.29 bits per heavy atom. The molecule has 0 radical (unpaired) electrons. The van der Waals surface area contributed by atoms with Gasteiger partial charge in [-0.15, -0.1) is 0 Å². The number of aldehydes is 1. The molecule has 14 heavy (non-hydrogen) atoms. The van der Waals surface area contributed by atoms with Crippen LogP contribution in [-0.2, 0) is 11.2 Å². The van der Waals surface area contributed by atoms with Crippen molar-refractivity contribution in [1.29, 1.82) is 0 Å². The zero-order chi connectivity index (χ0) is 10.4. The molecular weight excluding hydrogens is 172 g/mol. The standard InChI is InChI=1S/C13H18O/c1-3-11(2)13(10-14)9-12-7-5-4-6-8-12/h4-8,10-11,13H,3,9H2,1-2H3/t11?,13-/m1/s1. The fourth-order valence-corrected chi connectivity index (χ4v) is 1.57. The van der Waals surface area contributed by atoms with Crippen molar-refractivity contribution in [1.82, 2.24) is 0 Å². The van der Waals surface area contributed by atoms with E-state index in [4.69, 9.17) is 0 Å². The Bertz CT molecular complexity index is 266. The molecule has 0 aromatic heterocycles. The van der Waals surface area contributed by atoms with Crippen LogP contribution in [0.5, 0.6) is 0 Å². The number of benzene rings is 1. The van der Waals surface area contributed by atoms with Gasteiger partial charge in [0.05, 0.1) is 0 Å². The molecule has 0 aliphatic carbocycles. The first-order valence-electron chi connectivity index (χ1n) is 5.27. The van der Waals surface area contributed by atoms with Gasteiger partial charge in [0.1, 0.15) is 6.29 Å². The lowest BCUT2D eigenvalue weighted by Crippen LogP contribution is -2.15. The molecule has 76 valence electrons. The number of hydrogen-bond donors (Lipinski definition) is 0. The van der Waals surface area contributed by atoms with Crippen LogP contribution in [0.1, 0.15) is 25.8 Å². The first-order valence-corrected chi connectivity index (χ1v) is 5.27. The van der Waals surface area contributed by atoms with Gasteiger partial charge in [-0.25, -0.2) is 0 Å². The van der Waals surface area contributed by atoms with Crippen LogP contribution < -0.4 is 0 Å². The maximum atomic E-state index is 10.9. The zero-order valence-electron chi connectivity index (χ0n) is 8.94. The predicted molar refractivity (Wildman–Crippen MR) is 59.2 cm³/mol. The molecule has 1 nitrogen and oxygen atoms in total. The number of rotatable bonds is 5. The summed E-state index contributed by atoms with van der Waals surface area (Å²) < 4.78 is 0. The van der Waals surface area contributed by atoms with Gasteiger partial charge < -0.3 is 4.79 Å². The van der Waals surface area contributed by atoms with Crippen molar-refractivity contribution in [2.75, 3.05) is 0 Å². The molecular formula is C13H18O. The normalized spacial score (nSPS) is 14.7. The minimum absolute atomic E-state index is 0.169. The second-order valence-corrected chi connectivity index (χ2v) is 3.88. The van der Waals surface area contributed by atoms with Crippen LogP contribution in [0.2, 0.25) is 0 Å². The van der Waals surface area contributed by atoms with Crippen molar-refractivity contribution >= 4 is 6.29 Å². The molecule has 1 aromatic carbocycles. The summed E-state index contributed by atoms with van der Waals surface area (Å²) in [5.41, 5.74) is 1.25. The Balaban J connectivity index is 2.61. The number of carbonyl (C=O) groups excluding carboxylic acids is 1. The van der Waals surface area contributed by atoms with Gasteiger partial charge in [-0.1, -0.05) is 50.6 Å². The quantitative estimate of drug-likeness (QED) is 0.652. The second kappa shape index (κ2) is 5.58. The molecule has 0 aliphatic heterocycles. The molecule has 0 amide bonds. The van der Waals surface area contributed by atoms with E-state index >= 15 is 0 Å². The highest BCUT2D eigenvalue weighted by Gasteiger charge is 2.14. The summed E-state index contributed by atoms with van der Waals surface area (Å²) >= 11 is 0. The molecule has 0 aliphatic rings. The van der Waals surface area contributed by atoms with Crippen LogP contribution in [-0.4, -0.2) is 6.29 Å². The van der Waals surface area contributed by atoms with Crippen molar-refractivity contribution in [3.05, 3.63) is 35.9 Å². The fourth-order valence-electron chi connectivity index (χ4n) is 1.57. The maximum absolute atomic E-state index is 10.9. The minimum atomic E-state index is 0.169. The fraction of sp³-hybridized carbons (Fsp3) is 0.462. The zero-order valence-corrected chi connectivity index (χ0v) is 8.94. The van der Waals surface area contributed by atoms with Gasteiger partial charge in [-0.05, 0) is 17.9 Å². The first kappa shape index (κ1) is 11.0. The van der Waals surface area contributed by atoms with Gasteiger partial charge in [0, 0.05) is 5.92 Å². The Morgan fingerprint density at radius 3 is 2.43 bits per heavy atom. The summed E-state index contributed by atoms with van der Waals surface area (Å²) in [4.78, 5) is 10.9. The molecule has 1 rings (SSSR count). The Kier molecular flexibility index (Phi) is 4.37. The van der Waals surface area contributed by atoms with Gasteiger partial charge >= 0.3 is 0 Å². The number of carbonyl (C=O) groups is 1. The van der Waals surface area contributed by atoms with E-state index in [1.165, 1.54) is 5.56 Å². The highest BCUT2D eigenvalue weighted by atomic mass is 16.1. The van der Waals surface area contributed by atoms with E-state index in [1.807, 2.05) is 18.2 Å². The molecule has 0 saturated heterocycles. The lowest BCUT2D eigenvalue weighted by atomic mass is 9.88. The van der Waals surface area contributed by atoms with Gasteiger partial charge in [-0.2, -0.15) is 0 Å². The molecule has 1 heteroatoms. The maximum Gasteiger partial charge on any atom is 0.123 e. The average Bonchev–Trinajstić information content (AvgIpc) is 2.26. The van der Waals surface area contributed by atoms with Gasteiger partial charge in [-0.3, -0.25) is 0 Å². The van der Waals surface area contributed by atoms with Crippen LogP contribution in [0.15, 0.2) is 30.3 Å². The Hall–Kier alpha value is -1.11. The van der Waals surface area contributed by atoms with Crippen LogP contribution >= 0.6 is 0 Å². The number of hydrogen-bond acceptors (Lipinski definition) is 1. The Labute approximate surface area is 86.1 Å².